The summed E-state index contributed by atoms with van der Waals surface area (Å²) in [5.41, 5.74) is 1.23. The lowest BCUT2D eigenvalue weighted by Crippen LogP contribution is -2.28. The van der Waals surface area contributed by atoms with Gasteiger partial charge in [0, 0.05) is 13.2 Å². The number of sulfonamides is 1. The van der Waals surface area contributed by atoms with E-state index in [0.717, 1.165) is 19.4 Å². The van der Waals surface area contributed by atoms with Crippen LogP contribution in [0.2, 0.25) is 0 Å². The minimum Gasteiger partial charge on any atom is -0.392 e. The summed E-state index contributed by atoms with van der Waals surface area (Å²) < 4.78 is 32.6. The van der Waals surface area contributed by atoms with Gasteiger partial charge in [0.25, 0.3) is 0 Å². The first kappa shape index (κ1) is 15.4. The molecule has 5 nitrogen and oxygen atoms in total. The van der Waals surface area contributed by atoms with E-state index in [0.29, 0.717) is 24.1 Å². The molecule has 2 N–H and O–H groups in total. The first-order valence-corrected chi connectivity index (χ1v) is 8.33. The predicted octanol–water partition coefficient (Wildman–Crippen LogP) is 1.33. The first-order chi connectivity index (χ1) is 9.54. The predicted molar refractivity (Wildman–Crippen MR) is 75.9 cm³/mol. The maximum atomic E-state index is 12.3. The van der Waals surface area contributed by atoms with Crippen molar-refractivity contribution in [3.63, 3.8) is 0 Å². The largest absolute Gasteiger partial charge is 0.392 e. The number of benzene rings is 1. The maximum absolute atomic E-state index is 12.3. The molecule has 0 saturated carbocycles. The average molecular weight is 299 g/mol. The van der Waals surface area contributed by atoms with E-state index in [9.17, 15) is 13.5 Å². The number of nitrogens with one attached hydrogen (secondary N) is 1. The molecule has 1 saturated heterocycles. The molecule has 1 heterocycles. The van der Waals surface area contributed by atoms with Crippen molar-refractivity contribution >= 4 is 10.0 Å². The van der Waals surface area contributed by atoms with Crippen LogP contribution < -0.4 is 4.72 Å². The van der Waals surface area contributed by atoms with Gasteiger partial charge in [0.05, 0.1) is 17.6 Å². The van der Waals surface area contributed by atoms with Crippen LogP contribution in [-0.2, 0) is 21.4 Å². The summed E-state index contributed by atoms with van der Waals surface area (Å²) in [7, 11) is -3.53. The summed E-state index contributed by atoms with van der Waals surface area (Å²) in [5, 5.41) is 9.20. The van der Waals surface area contributed by atoms with Gasteiger partial charge in [0.2, 0.25) is 10.0 Å². The second-order valence-electron chi connectivity index (χ2n) is 5.02. The molecule has 6 heteroatoms. The highest BCUT2D eigenvalue weighted by Crippen LogP contribution is 2.19. The third-order valence-corrected chi connectivity index (χ3v) is 5.24. The molecule has 0 aliphatic carbocycles. The summed E-state index contributed by atoms with van der Waals surface area (Å²) >= 11 is 0. The fraction of sp³-hybridized carbons (Fsp3) is 0.571. The van der Waals surface area contributed by atoms with Crippen molar-refractivity contribution in [2.45, 2.75) is 43.8 Å². The first-order valence-electron chi connectivity index (χ1n) is 6.85. The van der Waals surface area contributed by atoms with Gasteiger partial charge in [-0.1, -0.05) is 12.1 Å². The molecule has 1 unspecified atom stereocenters. The van der Waals surface area contributed by atoms with Gasteiger partial charge in [0.1, 0.15) is 0 Å². The molecule has 0 aromatic heterocycles. The number of hydrogen-bond acceptors (Lipinski definition) is 4. The molecule has 0 amide bonds. The van der Waals surface area contributed by atoms with E-state index >= 15 is 0 Å². The summed E-state index contributed by atoms with van der Waals surface area (Å²) in [5.74, 6) is 0. The Kier molecular flexibility index (Phi) is 5.15. The van der Waals surface area contributed by atoms with Gasteiger partial charge < -0.3 is 9.84 Å². The van der Waals surface area contributed by atoms with E-state index in [2.05, 4.69) is 4.72 Å². The highest BCUT2D eigenvalue weighted by atomic mass is 32.2. The fourth-order valence-corrected chi connectivity index (χ4v) is 3.76. The molecule has 112 valence electrons. The van der Waals surface area contributed by atoms with Crippen LogP contribution in [0, 0.1) is 6.92 Å². The zero-order chi connectivity index (χ0) is 14.6. The standard InChI is InChI=1S/C14H21NO4S/c1-11-12(10-16)4-2-6-14(11)20(17,18)15-8-7-13-5-3-9-19-13/h2,4,6,13,15-16H,3,5,7-10H2,1H3. The summed E-state index contributed by atoms with van der Waals surface area (Å²) in [6.45, 7) is 2.69. The summed E-state index contributed by atoms with van der Waals surface area (Å²) in [4.78, 5) is 0.233. The average Bonchev–Trinajstić information content (AvgIpc) is 2.91. The molecule has 20 heavy (non-hydrogen) atoms. The Morgan fingerprint density at radius 3 is 2.90 bits per heavy atom. The molecule has 1 fully saturated rings. The van der Waals surface area contributed by atoms with E-state index in [1.807, 2.05) is 0 Å². The quantitative estimate of drug-likeness (QED) is 0.831. The lowest BCUT2D eigenvalue weighted by atomic mass is 10.1. The molecular formula is C14H21NO4S. The molecule has 1 aromatic rings. The summed E-state index contributed by atoms with van der Waals surface area (Å²) in [6, 6.07) is 4.93. The van der Waals surface area contributed by atoms with Crippen LogP contribution in [0.5, 0.6) is 0 Å². The molecule has 1 aliphatic rings. The molecule has 1 atom stereocenters. The van der Waals surface area contributed by atoms with Crippen LogP contribution in [-0.4, -0.2) is 32.8 Å². The number of rotatable bonds is 6. The SMILES string of the molecule is Cc1c(CO)cccc1S(=O)(=O)NCCC1CCCO1. The van der Waals surface area contributed by atoms with Crippen LogP contribution >= 0.6 is 0 Å². The Hall–Kier alpha value is -0.950. The molecular weight excluding hydrogens is 278 g/mol. The number of hydrogen-bond donors (Lipinski definition) is 2. The van der Waals surface area contributed by atoms with Crippen LogP contribution in [0.3, 0.4) is 0 Å². The van der Waals surface area contributed by atoms with Gasteiger partial charge in [-0.3, -0.25) is 0 Å². The number of aliphatic hydroxyl groups excluding tert-OH is 1. The van der Waals surface area contributed by atoms with Gasteiger partial charge in [-0.05, 0) is 43.4 Å². The molecule has 0 bridgehead atoms. The van der Waals surface area contributed by atoms with Crippen LogP contribution in [0.1, 0.15) is 30.4 Å². The van der Waals surface area contributed by atoms with Crippen molar-refractivity contribution in [3.8, 4) is 0 Å². The fourth-order valence-electron chi connectivity index (χ4n) is 2.43. The van der Waals surface area contributed by atoms with Gasteiger partial charge in [0.15, 0.2) is 0 Å². The third kappa shape index (κ3) is 3.58. The van der Waals surface area contributed by atoms with Gasteiger partial charge in [-0.2, -0.15) is 0 Å². The van der Waals surface area contributed by atoms with E-state index in [4.69, 9.17) is 4.74 Å². The number of aliphatic hydroxyl groups is 1. The zero-order valence-electron chi connectivity index (χ0n) is 11.6. The lowest BCUT2D eigenvalue weighted by Gasteiger charge is -2.13. The van der Waals surface area contributed by atoms with Crippen LogP contribution in [0.4, 0.5) is 0 Å². The Balaban J connectivity index is 2.02. The van der Waals surface area contributed by atoms with Crippen molar-refractivity contribution in [2.75, 3.05) is 13.2 Å². The molecule has 2 rings (SSSR count). The third-order valence-electron chi connectivity index (χ3n) is 3.64. The Morgan fingerprint density at radius 2 is 2.25 bits per heavy atom. The highest BCUT2D eigenvalue weighted by molar-refractivity contribution is 7.89. The van der Waals surface area contributed by atoms with Crippen LogP contribution in [0.25, 0.3) is 0 Å². The van der Waals surface area contributed by atoms with E-state index in [-0.39, 0.29) is 17.6 Å². The van der Waals surface area contributed by atoms with Crippen molar-refractivity contribution in [2.24, 2.45) is 0 Å². The van der Waals surface area contributed by atoms with Gasteiger partial charge >= 0.3 is 0 Å². The maximum Gasteiger partial charge on any atom is 0.240 e. The Bertz CT molecular complexity index is 550. The minimum atomic E-state index is -3.53. The zero-order valence-corrected chi connectivity index (χ0v) is 12.4. The summed E-state index contributed by atoms with van der Waals surface area (Å²) in [6.07, 6.45) is 2.91. The topological polar surface area (TPSA) is 75.6 Å². The lowest BCUT2D eigenvalue weighted by molar-refractivity contribution is 0.105. The van der Waals surface area contributed by atoms with E-state index in [1.54, 1.807) is 25.1 Å². The molecule has 0 spiro atoms. The van der Waals surface area contributed by atoms with E-state index < -0.39 is 10.0 Å². The van der Waals surface area contributed by atoms with Crippen molar-refractivity contribution in [1.82, 2.24) is 4.72 Å². The second kappa shape index (κ2) is 6.67. The monoisotopic (exact) mass is 299 g/mol. The number of ether oxygens (including phenoxy) is 1. The van der Waals surface area contributed by atoms with E-state index in [1.165, 1.54) is 0 Å². The van der Waals surface area contributed by atoms with Gasteiger partial charge in [-0.25, -0.2) is 13.1 Å². The molecule has 0 radical (unpaired) electrons. The molecule has 1 aromatic carbocycles. The Morgan fingerprint density at radius 1 is 1.45 bits per heavy atom. The highest BCUT2D eigenvalue weighted by Gasteiger charge is 2.20. The van der Waals surface area contributed by atoms with Gasteiger partial charge in [-0.15, -0.1) is 0 Å². The second-order valence-corrected chi connectivity index (χ2v) is 6.76. The van der Waals surface area contributed by atoms with Crippen LogP contribution in [0.15, 0.2) is 23.1 Å². The smallest absolute Gasteiger partial charge is 0.240 e. The minimum absolute atomic E-state index is 0.162. The van der Waals surface area contributed by atoms with Crippen molar-refractivity contribution in [3.05, 3.63) is 29.3 Å². The van der Waals surface area contributed by atoms with Crippen molar-refractivity contribution < 1.29 is 18.3 Å². The normalized spacial score (nSPS) is 19.4. The molecule has 1 aliphatic heterocycles. The van der Waals surface area contributed by atoms with Crippen molar-refractivity contribution in [1.29, 1.82) is 0 Å². The Labute approximate surface area is 120 Å².